The number of nitrogens with zero attached hydrogens (tertiary/aromatic N) is 2. The monoisotopic (exact) mass is 382 g/mol. The van der Waals surface area contributed by atoms with Crippen LogP contribution in [-0.2, 0) is 24.2 Å². The van der Waals surface area contributed by atoms with E-state index in [9.17, 15) is 4.79 Å². The van der Waals surface area contributed by atoms with Crippen molar-refractivity contribution >= 4 is 29.0 Å². The highest BCUT2D eigenvalue weighted by molar-refractivity contribution is 7.12. The molecule has 1 aliphatic heterocycles. The lowest BCUT2D eigenvalue weighted by Crippen LogP contribution is -2.23. The van der Waals surface area contributed by atoms with E-state index in [1.807, 2.05) is 23.6 Å². The zero-order valence-corrected chi connectivity index (χ0v) is 16.8. The Morgan fingerprint density at radius 3 is 2.81 bits per heavy atom. The Balaban J connectivity index is 1.76. The highest BCUT2D eigenvalue weighted by atomic mass is 32.1. The molecule has 0 fully saturated rings. The Bertz CT molecular complexity index is 888. The molecule has 2 aliphatic rings. The molecule has 0 saturated heterocycles. The topological polar surface area (TPSA) is 60.5 Å². The second-order valence-electron chi connectivity index (χ2n) is 7.08. The number of aromatic nitrogens is 1. The summed E-state index contributed by atoms with van der Waals surface area (Å²) in [7, 11) is 0. The maximum absolute atomic E-state index is 12.5. The van der Waals surface area contributed by atoms with Gasteiger partial charge in [-0.05, 0) is 67.4 Å². The third-order valence-electron chi connectivity index (χ3n) is 5.53. The predicted molar refractivity (Wildman–Crippen MR) is 111 cm³/mol. The molecule has 0 radical (unpaired) electrons. The number of carbonyl (C=O) groups excluding carboxylic acids is 1. The first-order valence-corrected chi connectivity index (χ1v) is 10.7. The number of fused-ring (bicyclic) bond motifs is 1. The fourth-order valence-corrected chi connectivity index (χ4v) is 4.69. The van der Waals surface area contributed by atoms with Crippen molar-refractivity contribution in [1.82, 2.24) is 15.3 Å². The molecule has 27 heavy (non-hydrogen) atoms. The molecular weight excluding hydrogens is 356 g/mol. The molecule has 3 heterocycles. The second kappa shape index (κ2) is 7.82. The summed E-state index contributed by atoms with van der Waals surface area (Å²) < 4.78 is 0. The number of nitrogens with one attached hydrogen (secondary N) is 2. The summed E-state index contributed by atoms with van der Waals surface area (Å²) in [4.78, 5) is 19.5. The number of rotatable bonds is 6. The molecular formula is C21H26N4OS. The van der Waals surface area contributed by atoms with Crippen LogP contribution >= 0.6 is 11.3 Å². The fourth-order valence-electron chi connectivity index (χ4n) is 3.97. The maximum Gasteiger partial charge on any atom is 0.273 e. The number of hydrogen-bond acceptors (Lipinski definition) is 4. The van der Waals surface area contributed by atoms with Crippen molar-refractivity contribution in [3.63, 3.8) is 0 Å². The Morgan fingerprint density at radius 2 is 2.07 bits per heavy atom. The molecule has 0 atom stereocenters. The number of hydrogen-bond donors (Lipinski definition) is 2. The number of hydrazone groups is 1. The molecule has 1 amide bonds. The summed E-state index contributed by atoms with van der Waals surface area (Å²) in [5.74, 6) is -0.125. The summed E-state index contributed by atoms with van der Waals surface area (Å²) in [6.07, 6.45) is 6.72. The van der Waals surface area contributed by atoms with Crippen LogP contribution in [-0.4, -0.2) is 34.6 Å². The summed E-state index contributed by atoms with van der Waals surface area (Å²) in [6.45, 7) is 7.37. The van der Waals surface area contributed by atoms with Gasteiger partial charge in [0.25, 0.3) is 5.91 Å². The number of H-pyrrole nitrogens is 1. The minimum atomic E-state index is -0.125. The lowest BCUT2D eigenvalue weighted by atomic mass is 9.93. The highest BCUT2D eigenvalue weighted by Gasteiger charge is 2.27. The second-order valence-corrected chi connectivity index (χ2v) is 8.03. The third kappa shape index (κ3) is 3.51. The van der Waals surface area contributed by atoms with Crippen LogP contribution in [0.5, 0.6) is 0 Å². The van der Waals surface area contributed by atoms with E-state index in [1.54, 1.807) is 11.3 Å². The number of aryl methyl sites for hydroxylation is 1. The van der Waals surface area contributed by atoms with E-state index in [1.165, 1.54) is 29.7 Å². The van der Waals surface area contributed by atoms with E-state index in [4.69, 9.17) is 0 Å². The summed E-state index contributed by atoms with van der Waals surface area (Å²) in [6, 6.07) is 4.00. The van der Waals surface area contributed by atoms with Gasteiger partial charge in [-0.3, -0.25) is 9.69 Å². The molecule has 2 aromatic rings. The first-order chi connectivity index (χ1) is 13.2. The van der Waals surface area contributed by atoms with Crippen LogP contribution in [0, 0.1) is 0 Å². The van der Waals surface area contributed by atoms with Gasteiger partial charge < -0.3 is 4.98 Å². The first-order valence-electron chi connectivity index (χ1n) is 9.80. The van der Waals surface area contributed by atoms with Crippen molar-refractivity contribution in [3.8, 4) is 0 Å². The molecule has 1 aliphatic carbocycles. The molecule has 0 saturated carbocycles. The first kappa shape index (κ1) is 18.2. The minimum absolute atomic E-state index is 0.125. The summed E-state index contributed by atoms with van der Waals surface area (Å²) >= 11 is 1.60. The van der Waals surface area contributed by atoms with Gasteiger partial charge in [0.1, 0.15) is 5.71 Å². The average Bonchev–Trinajstić information content (AvgIpc) is 3.40. The van der Waals surface area contributed by atoms with Crippen molar-refractivity contribution in [2.24, 2.45) is 5.10 Å². The van der Waals surface area contributed by atoms with Crippen molar-refractivity contribution in [1.29, 1.82) is 0 Å². The predicted octanol–water partition coefficient (Wildman–Crippen LogP) is 3.71. The van der Waals surface area contributed by atoms with Crippen LogP contribution in [0.25, 0.3) is 6.08 Å². The molecule has 0 aromatic carbocycles. The van der Waals surface area contributed by atoms with Gasteiger partial charge in [0.05, 0.1) is 10.5 Å². The van der Waals surface area contributed by atoms with Gasteiger partial charge >= 0.3 is 0 Å². The van der Waals surface area contributed by atoms with Crippen LogP contribution in [0.4, 0.5) is 0 Å². The van der Waals surface area contributed by atoms with E-state index in [0.29, 0.717) is 5.57 Å². The molecule has 142 valence electrons. The fraction of sp³-hybridized carbons (Fsp3) is 0.429. The zero-order chi connectivity index (χ0) is 18.8. The molecule has 0 bridgehead atoms. The van der Waals surface area contributed by atoms with Crippen molar-refractivity contribution in [2.45, 2.75) is 46.1 Å². The van der Waals surface area contributed by atoms with Crippen molar-refractivity contribution < 1.29 is 4.79 Å². The number of amides is 1. The Labute approximate surface area is 164 Å². The largest absolute Gasteiger partial charge is 0.358 e. The molecule has 2 N–H and O–H groups in total. The molecule has 2 aromatic heterocycles. The van der Waals surface area contributed by atoms with E-state index in [0.717, 1.165) is 48.8 Å². The molecule has 0 unspecified atom stereocenters. The summed E-state index contributed by atoms with van der Waals surface area (Å²) in [5.41, 5.74) is 9.28. The summed E-state index contributed by atoms with van der Waals surface area (Å²) in [5, 5.41) is 6.29. The van der Waals surface area contributed by atoms with Crippen LogP contribution in [0.1, 0.15) is 54.1 Å². The van der Waals surface area contributed by atoms with Gasteiger partial charge in [0.2, 0.25) is 0 Å². The molecule has 4 rings (SSSR count). The number of thiophene rings is 1. The third-order valence-corrected chi connectivity index (χ3v) is 6.41. The van der Waals surface area contributed by atoms with E-state index < -0.39 is 0 Å². The normalized spacial score (nSPS) is 18.1. The molecule has 0 spiro atoms. The van der Waals surface area contributed by atoms with Gasteiger partial charge in [-0.1, -0.05) is 19.9 Å². The smallest absolute Gasteiger partial charge is 0.273 e. The average molecular weight is 383 g/mol. The van der Waals surface area contributed by atoms with Crippen LogP contribution < -0.4 is 5.43 Å². The van der Waals surface area contributed by atoms with Gasteiger partial charge in [0, 0.05) is 17.9 Å². The van der Waals surface area contributed by atoms with Crippen LogP contribution in [0.15, 0.2) is 28.2 Å². The standard InChI is InChI=1S/C21H26N4OS/c1-3-25(4-2)13-16-14-8-5-6-9-17(14)22-18(16)12-15-20(23-24-21(15)26)19-10-7-11-27-19/h7,10-12,22H,3-6,8-9,13H2,1-2H3,(H,24,26)/b15-12+. The van der Waals surface area contributed by atoms with E-state index in [-0.39, 0.29) is 5.91 Å². The number of carbonyl (C=O) groups is 1. The molecule has 6 heteroatoms. The van der Waals surface area contributed by atoms with E-state index in [2.05, 4.69) is 34.3 Å². The Kier molecular flexibility index (Phi) is 5.27. The maximum atomic E-state index is 12.5. The van der Waals surface area contributed by atoms with Gasteiger partial charge in [-0.2, -0.15) is 5.10 Å². The van der Waals surface area contributed by atoms with Crippen LogP contribution in [0.3, 0.4) is 0 Å². The van der Waals surface area contributed by atoms with Gasteiger partial charge in [0.15, 0.2) is 0 Å². The van der Waals surface area contributed by atoms with Crippen LogP contribution in [0.2, 0.25) is 0 Å². The lowest BCUT2D eigenvalue weighted by Gasteiger charge is -2.20. The van der Waals surface area contributed by atoms with Crippen molar-refractivity contribution in [3.05, 3.63) is 50.5 Å². The van der Waals surface area contributed by atoms with E-state index >= 15 is 0 Å². The molecule has 5 nitrogen and oxygen atoms in total. The lowest BCUT2D eigenvalue weighted by molar-refractivity contribution is -0.116. The Hall–Kier alpha value is -2.18. The van der Waals surface area contributed by atoms with Gasteiger partial charge in [-0.25, -0.2) is 5.43 Å². The van der Waals surface area contributed by atoms with Gasteiger partial charge in [-0.15, -0.1) is 11.3 Å². The highest BCUT2D eigenvalue weighted by Crippen LogP contribution is 2.30. The SMILES string of the molecule is CCN(CC)Cc1c(/C=C2/C(=O)NN=C2c2cccs2)[nH]c2c1CCCC2. The zero-order valence-electron chi connectivity index (χ0n) is 16.0. The number of aromatic amines is 1. The quantitative estimate of drug-likeness (QED) is 0.748. The Morgan fingerprint density at radius 1 is 1.26 bits per heavy atom. The van der Waals surface area contributed by atoms with Crippen molar-refractivity contribution in [2.75, 3.05) is 13.1 Å². The minimum Gasteiger partial charge on any atom is -0.358 e.